The molecule has 0 saturated carbocycles. The van der Waals surface area contributed by atoms with E-state index in [1.54, 1.807) is 23.1 Å². The third-order valence-corrected chi connectivity index (χ3v) is 7.72. The van der Waals surface area contributed by atoms with E-state index in [-0.39, 0.29) is 18.0 Å². The van der Waals surface area contributed by atoms with Crippen LogP contribution in [0, 0.1) is 0 Å². The minimum absolute atomic E-state index is 0.0498. The number of alkyl halides is 3. The van der Waals surface area contributed by atoms with Gasteiger partial charge in [-0.2, -0.15) is 13.2 Å². The molecule has 0 spiro atoms. The highest BCUT2D eigenvalue weighted by Gasteiger charge is 2.40. The molecule has 3 aliphatic rings. The third kappa shape index (κ3) is 4.73. The fourth-order valence-corrected chi connectivity index (χ4v) is 5.75. The summed E-state index contributed by atoms with van der Waals surface area (Å²) in [5.41, 5.74) is 2.22. The number of fused-ring (bicyclic) bond motifs is 4. The second-order valence-electron chi connectivity index (χ2n) is 10.1. The minimum atomic E-state index is -4.47. The number of urea groups is 1. The SMILES string of the molecule is O=C(O)N1CCC(c2cccc(NC(=O)N3c4nc(-c5cccc(C(F)(F)F)c5)ccc4N4CC[C@H]3C4)c2)C1. The molecular weight excluding hydrogens is 511 g/mol. The standard InChI is InChI=1S/C28H26F3N5O3/c29-28(30,31)20-5-1-4-18(13-20)23-7-8-24-25(33-23)36(22-10-12-34(24)16-22)26(37)32-21-6-2-3-17(14-21)19-9-11-35(15-19)27(38)39/h1-8,13-14,19,22H,9-12,15-16H2,(H,32,37)(H,38,39)/t19?,22-/m0/s1. The van der Waals surface area contributed by atoms with Crippen LogP contribution in [0.1, 0.15) is 29.9 Å². The lowest BCUT2D eigenvalue weighted by molar-refractivity contribution is -0.137. The van der Waals surface area contributed by atoms with Gasteiger partial charge in [0.25, 0.3) is 0 Å². The largest absolute Gasteiger partial charge is 0.465 e. The van der Waals surface area contributed by atoms with Crippen molar-refractivity contribution in [2.45, 2.75) is 31.0 Å². The molecule has 3 amide bonds. The molecule has 1 unspecified atom stereocenters. The molecule has 2 atom stereocenters. The van der Waals surface area contributed by atoms with Crippen LogP contribution < -0.4 is 15.1 Å². The highest BCUT2D eigenvalue weighted by Crippen LogP contribution is 2.41. The summed E-state index contributed by atoms with van der Waals surface area (Å²) in [4.78, 5) is 34.8. The number of nitrogens with zero attached hydrogens (tertiary/aromatic N) is 4. The highest BCUT2D eigenvalue weighted by molar-refractivity contribution is 6.04. The summed E-state index contributed by atoms with van der Waals surface area (Å²) in [6.07, 6.45) is -3.95. The van der Waals surface area contributed by atoms with E-state index in [9.17, 15) is 27.9 Å². The van der Waals surface area contributed by atoms with Crippen molar-refractivity contribution in [3.63, 3.8) is 0 Å². The van der Waals surface area contributed by atoms with E-state index in [1.807, 2.05) is 24.3 Å². The lowest BCUT2D eigenvalue weighted by Gasteiger charge is -2.36. The summed E-state index contributed by atoms with van der Waals surface area (Å²) >= 11 is 0. The second-order valence-corrected chi connectivity index (χ2v) is 10.1. The van der Waals surface area contributed by atoms with Gasteiger partial charge in [0.2, 0.25) is 0 Å². The van der Waals surface area contributed by atoms with Crippen LogP contribution in [-0.2, 0) is 6.18 Å². The number of hydrogen-bond donors (Lipinski definition) is 2. The van der Waals surface area contributed by atoms with E-state index in [1.165, 1.54) is 11.0 Å². The Morgan fingerprint density at radius 1 is 0.974 bits per heavy atom. The van der Waals surface area contributed by atoms with Crippen molar-refractivity contribution in [3.05, 3.63) is 71.8 Å². The smallest absolute Gasteiger partial charge is 0.416 e. The van der Waals surface area contributed by atoms with Crippen LogP contribution in [0.2, 0.25) is 0 Å². The number of benzene rings is 2. The van der Waals surface area contributed by atoms with Crippen LogP contribution in [-0.4, -0.2) is 59.3 Å². The Balaban J connectivity index is 1.28. The van der Waals surface area contributed by atoms with E-state index in [0.29, 0.717) is 48.8 Å². The zero-order chi connectivity index (χ0) is 27.3. The Labute approximate surface area is 222 Å². The molecule has 1 aromatic heterocycles. The van der Waals surface area contributed by atoms with Gasteiger partial charge in [-0.3, -0.25) is 4.90 Å². The highest BCUT2D eigenvalue weighted by atomic mass is 19.4. The van der Waals surface area contributed by atoms with E-state index < -0.39 is 17.8 Å². The molecule has 2 bridgehead atoms. The minimum Gasteiger partial charge on any atom is -0.465 e. The van der Waals surface area contributed by atoms with Crippen molar-refractivity contribution in [1.82, 2.24) is 9.88 Å². The number of halogens is 3. The molecule has 2 N–H and O–H groups in total. The van der Waals surface area contributed by atoms with E-state index in [0.717, 1.165) is 36.3 Å². The molecule has 3 aromatic rings. The zero-order valence-corrected chi connectivity index (χ0v) is 20.9. The van der Waals surface area contributed by atoms with Crippen molar-refractivity contribution < 1.29 is 27.9 Å². The summed E-state index contributed by atoms with van der Waals surface area (Å²) in [6, 6.07) is 15.4. The Bertz CT molecular complexity index is 1450. The first-order valence-electron chi connectivity index (χ1n) is 12.8. The number of carboxylic acid groups (broad SMARTS) is 1. The van der Waals surface area contributed by atoms with E-state index in [4.69, 9.17) is 4.98 Å². The fourth-order valence-electron chi connectivity index (χ4n) is 5.75. The van der Waals surface area contributed by atoms with E-state index in [2.05, 4.69) is 10.2 Å². The normalized spacial score (nSPS) is 20.2. The van der Waals surface area contributed by atoms with Crippen molar-refractivity contribution in [3.8, 4) is 11.3 Å². The number of likely N-dealkylation sites (tertiary alicyclic amines) is 1. The van der Waals surface area contributed by atoms with Crippen molar-refractivity contribution >= 4 is 29.3 Å². The Hall–Kier alpha value is -4.28. The topological polar surface area (TPSA) is 89.0 Å². The number of nitrogens with one attached hydrogen (secondary N) is 1. The first kappa shape index (κ1) is 25.0. The monoisotopic (exact) mass is 537 g/mol. The van der Waals surface area contributed by atoms with Crippen LogP contribution >= 0.6 is 0 Å². The number of carbonyl (C=O) groups excluding carboxylic acids is 1. The number of aromatic nitrogens is 1. The molecule has 2 saturated heterocycles. The molecule has 0 radical (unpaired) electrons. The molecule has 39 heavy (non-hydrogen) atoms. The Morgan fingerprint density at radius 2 is 1.79 bits per heavy atom. The average Bonchev–Trinajstić information content (AvgIpc) is 3.57. The summed E-state index contributed by atoms with van der Waals surface area (Å²) in [6.45, 7) is 2.28. The predicted octanol–water partition coefficient (Wildman–Crippen LogP) is 5.87. The van der Waals surface area contributed by atoms with Crippen molar-refractivity contribution in [2.75, 3.05) is 41.3 Å². The van der Waals surface area contributed by atoms with Crippen LogP contribution in [0.3, 0.4) is 0 Å². The fraction of sp³-hybridized carbons (Fsp3) is 0.321. The van der Waals surface area contributed by atoms with Crippen LogP contribution in [0.5, 0.6) is 0 Å². The van der Waals surface area contributed by atoms with E-state index >= 15 is 0 Å². The molecule has 11 heteroatoms. The Morgan fingerprint density at radius 3 is 2.56 bits per heavy atom. The van der Waals surface area contributed by atoms with Crippen LogP contribution in [0.25, 0.3) is 11.3 Å². The Kier molecular flexibility index (Phi) is 6.08. The summed E-state index contributed by atoms with van der Waals surface area (Å²) in [5, 5.41) is 12.2. The van der Waals surface area contributed by atoms with Gasteiger partial charge in [0.15, 0.2) is 5.82 Å². The van der Waals surface area contributed by atoms with Gasteiger partial charge in [0.05, 0.1) is 23.0 Å². The van der Waals surface area contributed by atoms with Gasteiger partial charge in [-0.05, 0) is 54.8 Å². The summed E-state index contributed by atoms with van der Waals surface area (Å²) in [5.74, 6) is 0.467. The number of hydrogen-bond acceptors (Lipinski definition) is 4. The van der Waals surface area contributed by atoms with Gasteiger partial charge in [0.1, 0.15) is 0 Å². The molecule has 0 aliphatic carbocycles. The second kappa shape index (κ2) is 9.48. The van der Waals surface area contributed by atoms with Gasteiger partial charge in [-0.25, -0.2) is 14.6 Å². The van der Waals surface area contributed by atoms with Crippen molar-refractivity contribution in [1.29, 1.82) is 0 Å². The molecule has 3 aliphatic heterocycles. The maximum absolute atomic E-state index is 13.6. The van der Waals surface area contributed by atoms with Crippen LogP contribution in [0.4, 0.5) is 40.0 Å². The number of amides is 3. The molecule has 202 valence electrons. The maximum Gasteiger partial charge on any atom is 0.416 e. The molecule has 2 fully saturated rings. The molecule has 2 aromatic carbocycles. The zero-order valence-electron chi connectivity index (χ0n) is 20.9. The predicted molar refractivity (Wildman–Crippen MR) is 140 cm³/mol. The summed E-state index contributed by atoms with van der Waals surface area (Å²) in [7, 11) is 0. The van der Waals surface area contributed by atoms with Crippen molar-refractivity contribution in [2.24, 2.45) is 0 Å². The lowest BCUT2D eigenvalue weighted by Crippen LogP contribution is -2.48. The first-order chi connectivity index (χ1) is 18.7. The van der Waals surface area contributed by atoms with Gasteiger partial charge < -0.3 is 20.2 Å². The van der Waals surface area contributed by atoms with Crippen LogP contribution in [0.15, 0.2) is 60.7 Å². The quantitative estimate of drug-likeness (QED) is 0.437. The van der Waals surface area contributed by atoms with Gasteiger partial charge in [0, 0.05) is 43.3 Å². The van der Waals surface area contributed by atoms with Gasteiger partial charge in [-0.1, -0.05) is 24.3 Å². The molecule has 6 rings (SSSR count). The molecule has 4 heterocycles. The molecule has 8 nitrogen and oxygen atoms in total. The number of carbonyl (C=O) groups is 2. The third-order valence-electron chi connectivity index (χ3n) is 7.72. The number of rotatable bonds is 3. The first-order valence-corrected chi connectivity index (χ1v) is 12.8. The summed E-state index contributed by atoms with van der Waals surface area (Å²) < 4.78 is 39.9. The number of anilines is 3. The van der Waals surface area contributed by atoms with Gasteiger partial charge >= 0.3 is 18.3 Å². The number of pyridine rings is 1. The van der Waals surface area contributed by atoms with Gasteiger partial charge in [-0.15, -0.1) is 0 Å². The average molecular weight is 538 g/mol. The molecular formula is C28H26F3N5O3. The lowest BCUT2D eigenvalue weighted by atomic mass is 9.98. The maximum atomic E-state index is 13.6.